The fraction of sp³-hybridized carbons (Fsp3) is 0.273. The van der Waals surface area contributed by atoms with Crippen molar-refractivity contribution >= 4 is 22.6 Å². The van der Waals surface area contributed by atoms with Crippen LogP contribution in [0.4, 0.5) is 11.1 Å². The Kier molecular flexibility index (Phi) is 3.05. The van der Waals surface area contributed by atoms with Gasteiger partial charge in [0.15, 0.2) is 0 Å². The number of benzene rings is 1. The van der Waals surface area contributed by atoms with Crippen LogP contribution in [0.2, 0.25) is 0 Å². The predicted octanol–water partition coefficient (Wildman–Crippen LogP) is 2.07. The van der Waals surface area contributed by atoms with Crippen molar-refractivity contribution < 1.29 is 0 Å². The van der Waals surface area contributed by atoms with Gasteiger partial charge in [0, 0.05) is 25.1 Å². The Labute approximate surface area is 98.9 Å². The summed E-state index contributed by atoms with van der Waals surface area (Å²) in [5, 5.41) is 0.845. The van der Waals surface area contributed by atoms with E-state index < -0.39 is 0 Å². The average molecular weight is 234 g/mol. The second-order valence-electron chi connectivity index (χ2n) is 3.78. The lowest BCUT2D eigenvalue weighted by molar-refractivity contribution is 0.915. The molecule has 0 amide bonds. The van der Waals surface area contributed by atoms with E-state index in [-0.39, 0.29) is 0 Å². The van der Waals surface area contributed by atoms with Gasteiger partial charge in [-0.15, -0.1) is 0 Å². The number of hydrogen-bond acceptors (Lipinski definition) is 5. The standard InChI is InChI=1S/C11H14N4S/c1-8-3-5-9(6-4-8)7-15(2)11-13-10(12)14-16-11/h3-6H,7H2,1-2H3,(H2,12,14). The highest BCUT2D eigenvalue weighted by atomic mass is 32.1. The lowest BCUT2D eigenvalue weighted by Crippen LogP contribution is -2.16. The molecule has 2 N–H and O–H groups in total. The van der Waals surface area contributed by atoms with Gasteiger partial charge in [-0.3, -0.25) is 0 Å². The van der Waals surface area contributed by atoms with Gasteiger partial charge >= 0.3 is 0 Å². The molecule has 1 aromatic heterocycles. The lowest BCUT2D eigenvalue weighted by Gasteiger charge is -2.14. The first-order valence-corrected chi connectivity index (χ1v) is 5.78. The van der Waals surface area contributed by atoms with Crippen LogP contribution < -0.4 is 10.6 Å². The quantitative estimate of drug-likeness (QED) is 0.883. The van der Waals surface area contributed by atoms with Crippen molar-refractivity contribution in [1.82, 2.24) is 9.36 Å². The molecule has 2 aromatic rings. The zero-order chi connectivity index (χ0) is 11.5. The molecular formula is C11H14N4S. The fourth-order valence-electron chi connectivity index (χ4n) is 1.42. The van der Waals surface area contributed by atoms with Gasteiger partial charge in [0.1, 0.15) is 0 Å². The molecule has 5 heteroatoms. The maximum Gasteiger partial charge on any atom is 0.233 e. The lowest BCUT2D eigenvalue weighted by atomic mass is 10.1. The maximum absolute atomic E-state index is 5.49. The molecule has 1 aromatic carbocycles. The third-order valence-electron chi connectivity index (χ3n) is 2.30. The number of nitrogens with zero attached hydrogens (tertiary/aromatic N) is 3. The van der Waals surface area contributed by atoms with Gasteiger partial charge in [-0.25, -0.2) is 0 Å². The molecule has 0 fully saturated rings. The zero-order valence-electron chi connectivity index (χ0n) is 9.34. The van der Waals surface area contributed by atoms with Crippen molar-refractivity contribution in [1.29, 1.82) is 0 Å². The first kappa shape index (κ1) is 10.9. The highest BCUT2D eigenvalue weighted by molar-refractivity contribution is 7.09. The molecule has 2 rings (SSSR count). The molecule has 0 radical (unpaired) electrons. The van der Waals surface area contributed by atoms with Gasteiger partial charge in [0.2, 0.25) is 11.1 Å². The van der Waals surface area contributed by atoms with Crippen molar-refractivity contribution in [3.05, 3.63) is 35.4 Å². The molecular weight excluding hydrogens is 220 g/mol. The van der Waals surface area contributed by atoms with Gasteiger partial charge < -0.3 is 10.6 Å². The molecule has 0 aliphatic rings. The molecule has 84 valence electrons. The molecule has 0 spiro atoms. The smallest absolute Gasteiger partial charge is 0.233 e. The Morgan fingerprint density at radius 1 is 1.31 bits per heavy atom. The van der Waals surface area contributed by atoms with Crippen molar-refractivity contribution in [2.24, 2.45) is 0 Å². The van der Waals surface area contributed by atoms with Crippen molar-refractivity contribution in [2.75, 3.05) is 17.7 Å². The van der Waals surface area contributed by atoms with Gasteiger partial charge in [-0.1, -0.05) is 29.8 Å². The SMILES string of the molecule is Cc1ccc(CN(C)c2nc(N)ns2)cc1. The second-order valence-corrected chi connectivity index (χ2v) is 4.51. The van der Waals surface area contributed by atoms with Crippen LogP contribution in [0.15, 0.2) is 24.3 Å². The van der Waals surface area contributed by atoms with E-state index in [1.54, 1.807) is 0 Å². The van der Waals surface area contributed by atoms with E-state index in [1.807, 2.05) is 11.9 Å². The van der Waals surface area contributed by atoms with Crippen LogP contribution in [0.3, 0.4) is 0 Å². The highest BCUT2D eigenvalue weighted by Crippen LogP contribution is 2.18. The van der Waals surface area contributed by atoms with Crippen molar-refractivity contribution in [3.8, 4) is 0 Å². The van der Waals surface area contributed by atoms with Crippen molar-refractivity contribution in [2.45, 2.75) is 13.5 Å². The number of anilines is 2. The average Bonchev–Trinajstić information content (AvgIpc) is 2.68. The Bertz CT molecular complexity index is 463. The monoisotopic (exact) mass is 234 g/mol. The third kappa shape index (κ3) is 2.49. The van der Waals surface area contributed by atoms with E-state index in [9.17, 15) is 0 Å². The van der Waals surface area contributed by atoms with Gasteiger partial charge in [0.25, 0.3) is 0 Å². The second kappa shape index (κ2) is 4.49. The number of nitrogens with two attached hydrogens (primary N) is 1. The van der Waals surface area contributed by atoms with Crippen LogP contribution in [-0.4, -0.2) is 16.4 Å². The molecule has 4 nitrogen and oxygen atoms in total. The van der Waals surface area contributed by atoms with Crippen LogP contribution >= 0.6 is 11.5 Å². The van der Waals surface area contributed by atoms with E-state index in [1.165, 1.54) is 22.7 Å². The van der Waals surface area contributed by atoms with Crippen LogP contribution in [0.1, 0.15) is 11.1 Å². The largest absolute Gasteiger partial charge is 0.367 e. The minimum atomic E-state index is 0.343. The number of nitrogen functional groups attached to an aromatic ring is 1. The summed E-state index contributed by atoms with van der Waals surface area (Å²) in [6.45, 7) is 2.90. The normalized spacial score (nSPS) is 10.4. The molecule has 0 atom stereocenters. The third-order valence-corrected chi connectivity index (χ3v) is 3.14. The van der Waals surface area contributed by atoms with Crippen molar-refractivity contribution in [3.63, 3.8) is 0 Å². The topological polar surface area (TPSA) is 55.0 Å². The molecule has 0 aliphatic heterocycles. The summed E-state index contributed by atoms with van der Waals surface area (Å²) < 4.78 is 3.96. The molecule has 0 unspecified atom stereocenters. The zero-order valence-corrected chi connectivity index (χ0v) is 10.2. The summed E-state index contributed by atoms with van der Waals surface area (Å²) in [6.07, 6.45) is 0. The van der Waals surface area contributed by atoms with Gasteiger partial charge in [-0.2, -0.15) is 9.36 Å². The molecule has 1 heterocycles. The highest BCUT2D eigenvalue weighted by Gasteiger charge is 2.07. The summed E-state index contributed by atoms with van der Waals surface area (Å²) in [5.74, 6) is 0.343. The Balaban J connectivity index is 2.07. The molecule has 0 bridgehead atoms. The summed E-state index contributed by atoms with van der Waals surface area (Å²) in [5.41, 5.74) is 8.01. The van der Waals surface area contributed by atoms with Gasteiger partial charge in [-0.05, 0) is 12.5 Å². The Hall–Kier alpha value is -1.62. The molecule has 0 aliphatic carbocycles. The van der Waals surface area contributed by atoms with Crippen LogP contribution in [0.5, 0.6) is 0 Å². The van der Waals surface area contributed by atoms with E-state index in [0.29, 0.717) is 5.95 Å². The fourth-order valence-corrected chi connectivity index (χ4v) is 1.97. The minimum absolute atomic E-state index is 0.343. The summed E-state index contributed by atoms with van der Waals surface area (Å²) in [4.78, 5) is 6.18. The molecule has 0 saturated carbocycles. The predicted molar refractivity (Wildman–Crippen MR) is 67.6 cm³/mol. The van der Waals surface area contributed by atoms with E-state index >= 15 is 0 Å². The number of rotatable bonds is 3. The van der Waals surface area contributed by atoms with Crippen LogP contribution in [0.25, 0.3) is 0 Å². The number of aryl methyl sites for hydroxylation is 1. The van der Waals surface area contributed by atoms with E-state index in [0.717, 1.165) is 11.7 Å². The summed E-state index contributed by atoms with van der Waals surface area (Å²) in [6, 6.07) is 8.46. The summed E-state index contributed by atoms with van der Waals surface area (Å²) >= 11 is 1.32. The molecule has 16 heavy (non-hydrogen) atoms. The Morgan fingerprint density at radius 2 is 2.00 bits per heavy atom. The Morgan fingerprint density at radius 3 is 2.56 bits per heavy atom. The maximum atomic E-state index is 5.49. The van der Waals surface area contributed by atoms with E-state index in [2.05, 4.69) is 40.5 Å². The first-order valence-electron chi connectivity index (χ1n) is 5.01. The number of hydrogen-bond donors (Lipinski definition) is 1. The summed E-state index contributed by atoms with van der Waals surface area (Å²) in [7, 11) is 1.99. The van der Waals surface area contributed by atoms with Crippen LogP contribution in [-0.2, 0) is 6.54 Å². The first-order chi connectivity index (χ1) is 7.65. The van der Waals surface area contributed by atoms with Crippen LogP contribution in [0, 0.1) is 6.92 Å². The number of aromatic nitrogens is 2. The van der Waals surface area contributed by atoms with E-state index in [4.69, 9.17) is 5.73 Å². The van der Waals surface area contributed by atoms with Gasteiger partial charge in [0.05, 0.1) is 0 Å². The molecule has 0 saturated heterocycles. The minimum Gasteiger partial charge on any atom is -0.367 e.